The molecule has 0 saturated carbocycles. The second-order valence-corrected chi connectivity index (χ2v) is 3.08. The summed E-state index contributed by atoms with van der Waals surface area (Å²) in [7, 11) is 0. The third-order valence-corrected chi connectivity index (χ3v) is 1.86. The van der Waals surface area contributed by atoms with E-state index in [1.165, 1.54) is 6.92 Å². The van der Waals surface area contributed by atoms with Crippen LogP contribution in [0.4, 0.5) is 4.39 Å². The van der Waals surface area contributed by atoms with E-state index in [0.29, 0.717) is 0 Å². The maximum atomic E-state index is 12.6. The molecule has 0 heterocycles. The predicted octanol–water partition coefficient (Wildman–Crippen LogP) is 3.48. The second kappa shape index (κ2) is 3.15. The fourth-order valence-electron chi connectivity index (χ4n) is 0.728. The zero-order valence-electron chi connectivity index (χ0n) is 5.64. The molecule has 0 saturated heterocycles. The van der Waals surface area contributed by atoms with Crippen molar-refractivity contribution in [1.29, 1.82) is 0 Å². The third kappa shape index (κ3) is 1.81. The number of alkyl halides is 1. The van der Waals surface area contributed by atoms with Crippen LogP contribution in [0, 0.1) is 0 Å². The minimum Gasteiger partial charge on any atom is -0.243 e. The van der Waals surface area contributed by atoms with Crippen molar-refractivity contribution in [1.82, 2.24) is 0 Å². The molecule has 1 rings (SSSR count). The van der Waals surface area contributed by atoms with Crippen LogP contribution in [0.1, 0.15) is 18.7 Å². The van der Waals surface area contributed by atoms with Gasteiger partial charge in [-0.1, -0.05) is 28.1 Å². The van der Waals surface area contributed by atoms with E-state index in [9.17, 15) is 4.39 Å². The Hall–Kier alpha value is -0.370. The number of benzene rings is 1. The van der Waals surface area contributed by atoms with Gasteiger partial charge in [0.1, 0.15) is 6.17 Å². The monoisotopic (exact) mass is 202 g/mol. The van der Waals surface area contributed by atoms with Crippen molar-refractivity contribution in [2.45, 2.75) is 13.1 Å². The molecule has 0 aliphatic rings. The predicted molar refractivity (Wildman–Crippen MR) is 43.7 cm³/mol. The van der Waals surface area contributed by atoms with E-state index in [2.05, 4.69) is 15.9 Å². The third-order valence-electron chi connectivity index (χ3n) is 1.33. The topological polar surface area (TPSA) is 0 Å². The quantitative estimate of drug-likeness (QED) is 0.655. The highest BCUT2D eigenvalue weighted by Gasteiger charge is 1.99. The summed E-state index contributed by atoms with van der Waals surface area (Å²) in [5.41, 5.74) is 0.725. The lowest BCUT2D eigenvalue weighted by molar-refractivity contribution is 0.374. The fourth-order valence-corrected chi connectivity index (χ4v) is 0.992. The summed E-state index contributed by atoms with van der Waals surface area (Å²) in [6, 6.07) is 7.22. The smallest absolute Gasteiger partial charge is 0.122 e. The first-order valence-corrected chi connectivity index (χ1v) is 3.89. The Bertz CT molecular complexity index is 203. The lowest BCUT2D eigenvalue weighted by Crippen LogP contribution is -1.82. The highest BCUT2D eigenvalue weighted by molar-refractivity contribution is 9.10. The standard InChI is InChI=1S/C8H8BrF/c1-6(10)7-2-4-8(9)5-3-7/h2-6H,1H3. The molecule has 0 bridgehead atoms. The van der Waals surface area contributed by atoms with Gasteiger partial charge in [0, 0.05) is 4.47 Å². The molecule has 1 aromatic rings. The summed E-state index contributed by atoms with van der Waals surface area (Å²) in [4.78, 5) is 0. The molecule has 0 radical (unpaired) electrons. The first kappa shape index (κ1) is 7.73. The van der Waals surface area contributed by atoms with Gasteiger partial charge in [-0.05, 0) is 24.6 Å². The van der Waals surface area contributed by atoms with Crippen LogP contribution in [-0.4, -0.2) is 0 Å². The molecular weight excluding hydrogens is 195 g/mol. The Morgan fingerprint density at radius 1 is 1.30 bits per heavy atom. The van der Waals surface area contributed by atoms with Gasteiger partial charge in [-0.15, -0.1) is 0 Å². The van der Waals surface area contributed by atoms with E-state index in [-0.39, 0.29) is 0 Å². The Balaban J connectivity index is 2.89. The minimum absolute atomic E-state index is 0.725. The molecular formula is C8H8BrF. The molecule has 54 valence electrons. The van der Waals surface area contributed by atoms with Gasteiger partial charge in [-0.3, -0.25) is 0 Å². The molecule has 1 unspecified atom stereocenters. The zero-order valence-corrected chi connectivity index (χ0v) is 7.23. The van der Waals surface area contributed by atoms with E-state index in [1.54, 1.807) is 12.1 Å². The largest absolute Gasteiger partial charge is 0.243 e. The summed E-state index contributed by atoms with van der Waals surface area (Å²) >= 11 is 3.27. The number of rotatable bonds is 1. The van der Waals surface area contributed by atoms with Gasteiger partial charge in [0.25, 0.3) is 0 Å². The van der Waals surface area contributed by atoms with Crippen LogP contribution in [0.5, 0.6) is 0 Å². The minimum atomic E-state index is -0.867. The molecule has 0 aromatic heterocycles. The van der Waals surface area contributed by atoms with E-state index >= 15 is 0 Å². The average Bonchev–Trinajstić information content (AvgIpc) is 1.88. The number of halogens is 2. The molecule has 0 spiro atoms. The maximum Gasteiger partial charge on any atom is 0.122 e. The Morgan fingerprint density at radius 3 is 2.20 bits per heavy atom. The normalized spacial score (nSPS) is 13.1. The molecule has 10 heavy (non-hydrogen) atoms. The lowest BCUT2D eigenvalue weighted by atomic mass is 10.1. The molecule has 0 fully saturated rings. The Morgan fingerprint density at radius 2 is 1.80 bits per heavy atom. The van der Waals surface area contributed by atoms with Crippen LogP contribution in [0.15, 0.2) is 28.7 Å². The van der Waals surface area contributed by atoms with E-state index in [0.717, 1.165) is 10.0 Å². The fraction of sp³-hybridized carbons (Fsp3) is 0.250. The maximum absolute atomic E-state index is 12.6. The molecule has 1 atom stereocenters. The molecule has 0 amide bonds. The van der Waals surface area contributed by atoms with Crippen LogP contribution >= 0.6 is 15.9 Å². The van der Waals surface area contributed by atoms with Crippen molar-refractivity contribution < 1.29 is 4.39 Å². The molecule has 1 aromatic carbocycles. The van der Waals surface area contributed by atoms with E-state index in [1.807, 2.05) is 12.1 Å². The summed E-state index contributed by atoms with van der Waals surface area (Å²) in [5.74, 6) is 0. The van der Waals surface area contributed by atoms with Crippen LogP contribution in [0.3, 0.4) is 0 Å². The van der Waals surface area contributed by atoms with Gasteiger partial charge in [0.2, 0.25) is 0 Å². The molecule has 0 N–H and O–H groups in total. The summed E-state index contributed by atoms with van der Waals surface area (Å²) < 4.78 is 13.5. The molecule has 0 aliphatic heterocycles. The highest BCUT2D eigenvalue weighted by Crippen LogP contribution is 2.18. The summed E-state index contributed by atoms with van der Waals surface area (Å²) in [5, 5.41) is 0. The van der Waals surface area contributed by atoms with Crippen LogP contribution in [0.25, 0.3) is 0 Å². The zero-order chi connectivity index (χ0) is 7.56. The SMILES string of the molecule is CC(F)c1ccc(Br)cc1. The number of hydrogen-bond acceptors (Lipinski definition) is 0. The van der Waals surface area contributed by atoms with Gasteiger partial charge in [-0.25, -0.2) is 4.39 Å². The Kier molecular flexibility index (Phi) is 2.44. The summed E-state index contributed by atoms with van der Waals surface area (Å²) in [6.45, 7) is 1.53. The van der Waals surface area contributed by atoms with E-state index in [4.69, 9.17) is 0 Å². The van der Waals surface area contributed by atoms with Crippen LogP contribution in [-0.2, 0) is 0 Å². The van der Waals surface area contributed by atoms with Crippen LogP contribution in [0.2, 0.25) is 0 Å². The van der Waals surface area contributed by atoms with Gasteiger partial charge in [0.05, 0.1) is 0 Å². The summed E-state index contributed by atoms with van der Waals surface area (Å²) in [6.07, 6.45) is -0.867. The van der Waals surface area contributed by atoms with Crippen molar-refractivity contribution in [2.24, 2.45) is 0 Å². The van der Waals surface area contributed by atoms with Gasteiger partial charge in [0.15, 0.2) is 0 Å². The van der Waals surface area contributed by atoms with Gasteiger partial charge >= 0.3 is 0 Å². The van der Waals surface area contributed by atoms with Crippen molar-refractivity contribution in [2.75, 3.05) is 0 Å². The first-order chi connectivity index (χ1) is 4.70. The molecule has 0 nitrogen and oxygen atoms in total. The molecule has 0 aliphatic carbocycles. The van der Waals surface area contributed by atoms with Gasteiger partial charge in [-0.2, -0.15) is 0 Å². The van der Waals surface area contributed by atoms with Gasteiger partial charge < -0.3 is 0 Å². The lowest BCUT2D eigenvalue weighted by Gasteiger charge is -1.99. The van der Waals surface area contributed by atoms with Crippen LogP contribution < -0.4 is 0 Å². The van der Waals surface area contributed by atoms with Crippen molar-refractivity contribution in [3.8, 4) is 0 Å². The number of hydrogen-bond donors (Lipinski definition) is 0. The average molecular weight is 203 g/mol. The van der Waals surface area contributed by atoms with Crippen molar-refractivity contribution in [3.05, 3.63) is 34.3 Å². The molecule has 2 heteroatoms. The van der Waals surface area contributed by atoms with Crippen molar-refractivity contribution >= 4 is 15.9 Å². The first-order valence-electron chi connectivity index (χ1n) is 3.09. The second-order valence-electron chi connectivity index (χ2n) is 2.17. The van der Waals surface area contributed by atoms with E-state index < -0.39 is 6.17 Å². The highest BCUT2D eigenvalue weighted by atomic mass is 79.9. The van der Waals surface area contributed by atoms with Crippen molar-refractivity contribution in [3.63, 3.8) is 0 Å². The Labute approximate surface area is 68.2 Å².